The second kappa shape index (κ2) is 8.80. The maximum absolute atomic E-state index is 13.8. The van der Waals surface area contributed by atoms with E-state index < -0.39 is 17.5 Å². The number of carbonyl (C=O) groups is 1. The summed E-state index contributed by atoms with van der Waals surface area (Å²) in [6.45, 7) is 1.60. The monoisotopic (exact) mass is 419 g/mol. The Morgan fingerprint density at radius 1 is 1.17 bits per heavy atom. The second-order valence-corrected chi connectivity index (χ2v) is 6.77. The number of halogens is 3. The highest BCUT2D eigenvalue weighted by atomic mass is 19.1. The number of anilines is 3. The second-order valence-electron chi connectivity index (χ2n) is 6.77. The van der Waals surface area contributed by atoms with Crippen LogP contribution in [-0.2, 0) is 17.9 Å². The number of benzene rings is 1. The maximum atomic E-state index is 13.8. The number of aryl methyl sites for hydroxylation is 1. The predicted octanol–water partition coefficient (Wildman–Crippen LogP) is 2.84. The van der Waals surface area contributed by atoms with Crippen LogP contribution in [0.5, 0.6) is 0 Å². The third-order valence-electron chi connectivity index (χ3n) is 4.20. The lowest BCUT2D eigenvalue weighted by molar-refractivity contribution is -0.129. The highest BCUT2D eigenvalue weighted by molar-refractivity contribution is 5.75. The van der Waals surface area contributed by atoms with Crippen molar-refractivity contribution in [1.82, 2.24) is 24.6 Å². The van der Waals surface area contributed by atoms with Crippen molar-refractivity contribution >= 4 is 23.4 Å². The highest BCUT2D eigenvalue weighted by Crippen LogP contribution is 2.20. The summed E-state index contributed by atoms with van der Waals surface area (Å²) in [5.74, 6) is -2.48. The molecule has 30 heavy (non-hydrogen) atoms. The summed E-state index contributed by atoms with van der Waals surface area (Å²) >= 11 is 0. The molecule has 1 aromatic carbocycles. The molecule has 3 rings (SSSR count). The molecule has 0 unspecified atom stereocenters. The van der Waals surface area contributed by atoms with Crippen molar-refractivity contribution in [2.75, 3.05) is 24.7 Å². The molecular weight excluding hydrogens is 399 g/mol. The lowest BCUT2D eigenvalue weighted by Crippen LogP contribution is -2.26. The molecule has 3 aromatic rings. The zero-order valence-electron chi connectivity index (χ0n) is 16.6. The molecule has 0 aliphatic carbocycles. The quantitative estimate of drug-likeness (QED) is 0.612. The minimum absolute atomic E-state index is 0.0883. The van der Waals surface area contributed by atoms with Crippen LogP contribution >= 0.6 is 0 Å². The number of likely N-dealkylation sites (N-methyl/N-ethyl adjacent to an activating group) is 1. The van der Waals surface area contributed by atoms with Crippen LogP contribution in [0.15, 0.2) is 30.7 Å². The molecule has 2 aromatic heterocycles. The number of carbonyl (C=O) groups excluding carboxylic acids is 1. The SMILES string of the molecule is Cc1cnc(Nc2cnn(CC(=O)N(C)C)c2)nc1NCc1c(F)cc(F)cc1F. The van der Waals surface area contributed by atoms with Crippen molar-refractivity contribution in [3.8, 4) is 0 Å². The molecule has 1 amide bonds. The average molecular weight is 419 g/mol. The molecule has 2 heterocycles. The van der Waals surface area contributed by atoms with Crippen molar-refractivity contribution in [1.29, 1.82) is 0 Å². The number of hydrogen-bond donors (Lipinski definition) is 2. The van der Waals surface area contributed by atoms with Crippen LogP contribution in [0, 0.1) is 24.4 Å². The van der Waals surface area contributed by atoms with Gasteiger partial charge >= 0.3 is 0 Å². The molecule has 0 fully saturated rings. The Morgan fingerprint density at radius 2 is 1.87 bits per heavy atom. The summed E-state index contributed by atoms with van der Waals surface area (Å²) in [6.07, 6.45) is 4.68. The fraction of sp³-hybridized carbons (Fsp3) is 0.263. The van der Waals surface area contributed by atoms with Crippen molar-refractivity contribution in [3.63, 3.8) is 0 Å². The van der Waals surface area contributed by atoms with E-state index in [0.29, 0.717) is 29.2 Å². The molecule has 8 nitrogen and oxygen atoms in total. The van der Waals surface area contributed by atoms with Crippen LogP contribution < -0.4 is 10.6 Å². The third kappa shape index (κ3) is 5.04. The summed E-state index contributed by atoms with van der Waals surface area (Å²) in [5.41, 5.74) is 0.915. The molecule has 0 radical (unpaired) electrons. The molecule has 158 valence electrons. The molecular formula is C19H20F3N7O. The van der Waals surface area contributed by atoms with Gasteiger partial charge in [-0.2, -0.15) is 10.1 Å². The van der Waals surface area contributed by atoms with Crippen molar-refractivity contribution in [3.05, 3.63) is 59.3 Å². The fourth-order valence-corrected chi connectivity index (χ4v) is 2.52. The Morgan fingerprint density at radius 3 is 2.53 bits per heavy atom. The molecule has 0 saturated heterocycles. The van der Waals surface area contributed by atoms with E-state index in [1.807, 2.05) is 0 Å². The number of rotatable bonds is 7. The van der Waals surface area contributed by atoms with Gasteiger partial charge < -0.3 is 15.5 Å². The Labute approximate surface area is 170 Å². The van der Waals surface area contributed by atoms with Gasteiger partial charge in [-0.05, 0) is 6.92 Å². The van der Waals surface area contributed by atoms with Gasteiger partial charge in [-0.15, -0.1) is 0 Å². The van der Waals surface area contributed by atoms with Crippen LogP contribution in [0.1, 0.15) is 11.1 Å². The molecule has 0 bridgehead atoms. The molecule has 0 atom stereocenters. The fourth-order valence-electron chi connectivity index (χ4n) is 2.52. The van der Waals surface area contributed by atoms with Crippen LogP contribution in [0.2, 0.25) is 0 Å². The first-order valence-electron chi connectivity index (χ1n) is 8.93. The van der Waals surface area contributed by atoms with E-state index in [1.165, 1.54) is 22.0 Å². The summed E-state index contributed by atoms with van der Waals surface area (Å²) in [6, 6.07) is 1.25. The zero-order valence-corrected chi connectivity index (χ0v) is 16.6. The first-order valence-corrected chi connectivity index (χ1v) is 8.93. The van der Waals surface area contributed by atoms with Crippen LogP contribution in [0.4, 0.5) is 30.6 Å². The Hall–Kier alpha value is -3.63. The standard InChI is InChI=1S/C19H20F3N7O/c1-11-6-24-19(26-13-7-25-29(9-13)10-17(30)28(2)3)27-18(11)23-8-14-15(21)4-12(20)5-16(14)22/h4-7,9H,8,10H2,1-3H3,(H2,23,24,26,27). The van der Waals surface area contributed by atoms with Crippen molar-refractivity contribution < 1.29 is 18.0 Å². The van der Waals surface area contributed by atoms with Gasteiger partial charge in [-0.3, -0.25) is 9.48 Å². The Balaban J connectivity index is 1.70. The van der Waals surface area contributed by atoms with Gasteiger partial charge in [0.15, 0.2) is 0 Å². The van der Waals surface area contributed by atoms with E-state index in [9.17, 15) is 18.0 Å². The average Bonchev–Trinajstić information content (AvgIpc) is 3.10. The van der Waals surface area contributed by atoms with Gasteiger partial charge in [0, 0.05) is 56.3 Å². The van der Waals surface area contributed by atoms with E-state index in [4.69, 9.17) is 0 Å². The van der Waals surface area contributed by atoms with Gasteiger partial charge in [-0.25, -0.2) is 18.2 Å². The maximum Gasteiger partial charge on any atom is 0.243 e. The number of amides is 1. The highest BCUT2D eigenvalue weighted by Gasteiger charge is 2.13. The number of nitrogens with one attached hydrogen (secondary N) is 2. The van der Waals surface area contributed by atoms with Gasteiger partial charge in [0.1, 0.15) is 29.8 Å². The van der Waals surface area contributed by atoms with Gasteiger partial charge in [0.2, 0.25) is 11.9 Å². The molecule has 0 saturated carbocycles. The number of nitrogens with zero attached hydrogens (tertiary/aromatic N) is 5. The zero-order chi connectivity index (χ0) is 21.8. The lowest BCUT2D eigenvalue weighted by Gasteiger charge is -2.11. The van der Waals surface area contributed by atoms with Crippen LogP contribution in [0.3, 0.4) is 0 Å². The first kappa shape index (κ1) is 21.1. The normalized spacial score (nSPS) is 10.7. The van der Waals surface area contributed by atoms with Crippen LogP contribution in [0.25, 0.3) is 0 Å². The van der Waals surface area contributed by atoms with E-state index in [0.717, 1.165) is 0 Å². The largest absolute Gasteiger partial charge is 0.365 e. The van der Waals surface area contributed by atoms with Crippen molar-refractivity contribution in [2.45, 2.75) is 20.0 Å². The van der Waals surface area contributed by atoms with E-state index >= 15 is 0 Å². The topological polar surface area (TPSA) is 88.0 Å². The predicted molar refractivity (Wildman–Crippen MR) is 105 cm³/mol. The van der Waals surface area contributed by atoms with Crippen LogP contribution in [-0.4, -0.2) is 44.7 Å². The summed E-state index contributed by atoms with van der Waals surface area (Å²) in [7, 11) is 3.31. The molecule has 0 aliphatic rings. The van der Waals surface area contributed by atoms with E-state index in [1.54, 1.807) is 27.2 Å². The molecule has 11 heteroatoms. The smallest absolute Gasteiger partial charge is 0.243 e. The summed E-state index contributed by atoms with van der Waals surface area (Å²) in [4.78, 5) is 21.7. The third-order valence-corrected chi connectivity index (χ3v) is 4.20. The first-order chi connectivity index (χ1) is 14.2. The lowest BCUT2D eigenvalue weighted by atomic mass is 10.2. The molecule has 0 aliphatic heterocycles. The number of hydrogen-bond acceptors (Lipinski definition) is 6. The molecule has 0 spiro atoms. The van der Waals surface area contributed by atoms with E-state index in [-0.39, 0.29) is 30.5 Å². The minimum Gasteiger partial charge on any atom is -0.365 e. The van der Waals surface area contributed by atoms with Crippen molar-refractivity contribution in [2.24, 2.45) is 0 Å². The van der Waals surface area contributed by atoms with E-state index in [2.05, 4.69) is 25.7 Å². The minimum atomic E-state index is -0.982. The summed E-state index contributed by atoms with van der Waals surface area (Å²) < 4.78 is 42.2. The Bertz CT molecular complexity index is 1050. The van der Waals surface area contributed by atoms with Gasteiger partial charge in [-0.1, -0.05) is 0 Å². The molecule has 2 N–H and O–H groups in total. The van der Waals surface area contributed by atoms with Gasteiger partial charge in [0.25, 0.3) is 0 Å². The number of aromatic nitrogens is 4. The van der Waals surface area contributed by atoms with Gasteiger partial charge in [0.05, 0.1) is 11.9 Å². The Kier molecular flexibility index (Phi) is 6.19. The summed E-state index contributed by atoms with van der Waals surface area (Å²) in [5, 5.41) is 9.89.